The molecule has 7 heteroatoms. The molecule has 0 amide bonds. The first kappa shape index (κ1) is 13.4. The van der Waals surface area contributed by atoms with Gasteiger partial charge >= 0.3 is 6.18 Å². The zero-order valence-corrected chi connectivity index (χ0v) is 10.5. The highest BCUT2D eigenvalue weighted by molar-refractivity contribution is 6.29. The van der Waals surface area contributed by atoms with Crippen LogP contribution in [-0.2, 0) is 6.18 Å². The van der Waals surface area contributed by atoms with E-state index < -0.39 is 12.0 Å². The quantitative estimate of drug-likeness (QED) is 0.856. The summed E-state index contributed by atoms with van der Waals surface area (Å²) in [5, 5.41) is 2.67. The van der Waals surface area contributed by atoms with Gasteiger partial charge in [0.05, 0.1) is 0 Å². The van der Waals surface area contributed by atoms with Gasteiger partial charge < -0.3 is 5.32 Å². The highest BCUT2D eigenvalue weighted by Crippen LogP contribution is 2.36. The van der Waals surface area contributed by atoms with E-state index in [9.17, 15) is 13.2 Å². The summed E-state index contributed by atoms with van der Waals surface area (Å²) in [5.74, 6) is 0.0105. The summed E-state index contributed by atoms with van der Waals surface area (Å²) in [7, 11) is 0. The van der Waals surface area contributed by atoms with Crippen LogP contribution in [0.2, 0.25) is 5.15 Å². The maximum absolute atomic E-state index is 12.5. The molecule has 1 unspecified atom stereocenters. The number of anilines is 1. The number of aromatic nitrogens is 2. The van der Waals surface area contributed by atoms with E-state index in [0.717, 1.165) is 0 Å². The largest absolute Gasteiger partial charge is 0.451 e. The lowest BCUT2D eigenvalue weighted by molar-refractivity contribution is -0.144. The molecule has 1 fully saturated rings. The Labute approximate surface area is 108 Å². The number of hydrogen-bond acceptors (Lipinski definition) is 3. The molecule has 18 heavy (non-hydrogen) atoms. The van der Waals surface area contributed by atoms with Gasteiger partial charge in [-0.05, 0) is 24.7 Å². The topological polar surface area (TPSA) is 37.8 Å². The Kier molecular flexibility index (Phi) is 3.66. The maximum atomic E-state index is 12.5. The van der Waals surface area contributed by atoms with Gasteiger partial charge in [-0.15, -0.1) is 0 Å². The molecule has 1 aromatic rings. The Morgan fingerprint density at radius 2 is 2.11 bits per heavy atom. The van der Waals surface area contributed by atoms with Crippen molar-refractivity contribution in [2.75, 3.05) is 11.9 Å². The third kappa shape index (κ3) is 3.48. The molecule has 1 aliphatic carbocycles. The van der Waals surface area contributed by atoms with E-state index in [0.29, 0.717) is 18.4 Å². The van der Waals surface area contributed by atoms with Crippen LogP contribution in [0.25, 0.3) is 0 Å². The van der Waals surface area contributed by atoms with Gasteiger partial charge in [-0.25, -0.2) is 9.97 Å². The van der Waals surface area contributed by atoms with Crippen LogP contribution < -0.4 is 5.32 Å². The summed E-state index contributed by atoms with van der Waals surface area (Å²) < 4.78 is 37.4. The highest BCUT2D eigenvalue weighted by atomic mass is 35.5. The molecule has 1 aliphatic rings. The van der Waals surface area contributed by atoms with Gasteiger partial charge in [-0.2, -0.15) is 13.2 Å². The average molecular weight is 280 g/mol. The third-order valence-corrected chi connectivity index (χ3v) is 3.17. The number of rotatable bonds is 4. The molecule has 0 spiro atoms. The van der Waals surface area contributed by atoms with E-state index in [-0.39, 0.29) is 11.0 Å². The molecule has 0 aliphatic heterocycles. The van der Waals surface area contributed by atoms with Crippen LogP contribution in [0, 0.1) is 11.8 Å². The molecule has 0 bridgehead atoms. The molecule has 0 aromatic carbocycles. The molecule has 0 saturated heterocycles. The summed E-state index contributed by atoms with van der Waals surface area (Å²) in [5.41, 5.74) is 0. The minimum absolute atomic E-state index is 0.120. The first-order chi connectivity index (χ1) is 8.36. The van der Waals surface area contributed by atoms with Crippen LogP contribution in [0.3, 0.4) is 0 Å². The van der Waals surface area contributed by atoms with E-state index in [4.69, 9.17) is 11.6 Å². The van der Waals surface area contributed by atoms with Crippen LogP contribution >= 0.6 is 11.6 Å². The molecule has 1 N–H and O–H groups in total. The lowest BCUT2D eigenvalue weighted by Gasteiger charge is -2.13. The van der Waals surface area contributed by atoms with Gasteiger partial charge in [0.1, 0.15) is 11.0 Å². The molecular weight excluding hydrogens is 267 g/mol. The highest BCUT2D eigenvalue weighted by Gasteiger charge is 2.35. The van der Waals surface area contributed by atoms with Crippen molar-refractivity contribution in [1.82, 2.24) is 9.97 Å². The summed E-state index contributed by atoms with van der Waals surface area (Å²) in [4.78, 5) is 6.59. The van der Waals surface area contributed by atoms with Crippen molar-refractivity contribution >= 4 is 17.4 Å². The Morgan fingerprint density at radius 3 is 2.67 bits per heavy atom. The van der Waals surface area contributed by atoms with E-state index in [1.54, 1.807) is 0 Å². The normalized spacial score (nSPS) is 17.6. The smallest absolute Gasteiger partial charge is 0.370 e. The van der Waals surface area contributed by atoms with Crippen LogP contribution in [0.4, 0.5) is 19.0 Å². The van der Waals surface area contributed by atoms with Crippen LogP contribution in [0.15, 0.2) is 6.07 Å². The third-order valence-electron chi connectivity index (χ3n) is 2.98. The second-order valence-electron chi connectivity index (χ2n) is 4.59. The minimum atomic E-state index is -4.58. The first-order valence-electron chi connectivity index (χ1n) is 5.72. The summed E-state index contributed by atoms with van der Waals surface area (Å²) in [6.45, 7) is 2.66. The zero-order valence-electron chi connectivity index (χ0n) is 9.76. The molecular formula is C11H13ClF3N3. The SMILES string of the molecule is CC(CNc1cc(Cl)nc(C(F)(F)F)n1)C1CC1. The molecule has 1 aromatic heterocycles. The predicted molar refractivity (Wildman–Crippen MR) is 62.4 cm³/mol. The number of alkyl halides is 3. The van der Waals surface area contributed by atoms with Crippen LogP contribution in [0.5, 0.6) is 0 Å². The summed E-state index contributed by atoms with van der Waals surface area (Å²) >= 11 is 5.56. The van der Waals surface area contributed by atoms with Crippen molar-refractivity contribution in [1.29, 1.82) is 0 Å². The van der Waals surface area contributed by atoms with Crippen molar-refractivity contribution in [3.63, 3.8) is 0 Å². The monoisotopic (exact) mass is 279 g/mol. The minimum Gasteiger partial charge on any atom is -0.370 e. The second kappa shape index (κ2) is 4.91. The molecule has 0 radical (unpaired) electrons. The van der Waals surface area contributed by atoms with Gasteiger partial charge in [-0.3, -0.25) is 0 Å². The Morgan fingerprint density at radius 1 is 1.44 bits per heavy atom. The van der Waals surface area contributed by atoms with Crippen molar-refractivity contribution in [3.05, 3.63) is 17.0 Å². The summed E-state index contributed by atoms with van der Waals surface area (Å²) in [6, 6.07) is 1.30. The standard InChI is InChI=1S/C11H13ClF3N3/c1-6(7-2-3-7)5-16-9-4-8(12)17-10(18-9)11(13,14)15/h4,6-7H,2-3,5H2,1H3,(H,16,17,18). The van der Waals surface area contributed by atoms with Crippen molar-refractivity contribution in [2.24, 2.45) is 11.8 Å². The van der Waals surface area contributed by atoms with Crippen LogP contribution in [-0.4, -0.2) is 16.5 Å². The zero-order chi connectivity index (χ0) is 13.3. The average Bonchev–Trinajstić information content (AvgIpc) is 3.07. The Bertz CT molecular complexity index is 432. The fourth-order valence-corrected chi connectivity index (χ4v) is 1.92. The molecule has 1 saturated carbocycles. The van der Waals surface area contributed by atoms with E-state index in [1.807, 2.05) is 0 Å². The molecule has 1 atom stereocenters. The second-order valence-corrected chi connectivity index (χ2v) is 4.98. The lowest BCUT2D eigenvalue weighted by atomic mass is 10.1. The van der Waals surface area contributed by atoms with Gasteiger partial charge in [0, 0.05) is 12.6 Å². The predicted octanol–water partition coefficient (Wildman–Crippen LogP) is 3.61. The van der Waals surface area contributed by atoms with E-state index >= 15 is 0 Å². The first-order valence-corrected chi connectivity index (χ1v) is 6.09. The number of halogens is 4. The Balaban J connectivity index is 2.05. The molecule has 100 valence electrons. The lowest BCUT2D eigenvalue weighted by Crippen LogP contribution is -2.17. The summed E-state index contributed by atoms with van der Waals surface area (Å²) in [6.07, 6.45) is -2.19. The van der Waals surface area contributed by atoms with E-state index in [1.165, 1.54) is 18.9 Å². The van der Waals surface area contributed by atoms with Gasteiger partial charge in [0.25, 0.3) is 0 Å². The number of hydrogen-bond donors (Lipinski definition) is 1. The van der Waals surface area contributed by atoms with Crippen LogP contribution in [0.1, 0.15) is 25.6 Å². The number of nitrogens with one attached hydrogen (secondary N) is 1. The van der Waals surface area contributed by atoms with Gasteiger partial charge in [-0.1, -0.05) is 18.5 Å². The van der Waals surface area contributed by atoms with E-state index in [2.05, 4.69) is 22.2 Å². The van der Waals surface area contributed by atoms with Crippen molar-refractivity contribution in [2.45, 2.75) is 25.9 Å². The van der Waals surface area contributed by atoms with Crippen molar-refractivity contribution in [3.8, 4) is 0 Å². The Hall–Kier alpha value is -1.04. The van der Waals surface area contributed by atoms with Gasteiger partial charge in [0.2, 0.25) is 5.82 Å². The molecule has 3 nitrogen and oxygen atoms in total. The fourth-order valence-electron chi connectivity index (χ4n) is 1.73. The van der Waals surface area contributed by atoms with Crippen molar-refractivity contribution < 1.29 is 13.2 Å². The molecule has 2 rings (SSSR count). The fraction of sp³-hybridized carbons (Fsp3) is 0.636. The number of nitrogens with zero attached hydrogens (tertiary/aromatic N) is 2. The molecule has 1 heterocycles. The van der Waals surface area contributed by atoms with Gasteiger partial charge in [0.15, 0.2) is 0 Å². The maximum Gasteiger partial charge on any atom is 0.451 e.